The topological polar surface area (TPSA) is 83.7 Å². The van der Waals surface area contributed by atoms with Crippen molar-refractivity contribution in [3.63, 3.8) is 0 Å². The molecular formula is C11H15F2N3O3S. The van der Waals surface area contributed by atoms with Crippen LogP contribution in [-0.4, -0.2) is 51.2 Å². The summed E-state index contributed by atoms with van der Waals surface area (Å²) in [6.07, 6.45) is 0. The Kier molecular flexibility index (Phi) is 4.66. The predicted molar refractivity (Wildman–Crippen MR) is 69.3 cm³/mol. The Morgan fingerprint density at radius 1 is 1.25 bits per heavy atom. The minimum atomic E-state index is -4.35. The van der Waals surface area contributed by atoms with Crippen LogP contribution in [0.1, 0.15) is 0 Å². The van der Waals surface area contributed by atoms with Gasteiger partial charge in [0.2, 0.25) is 15.9 Å². The number of anilines is 1. The summed E-state index contributed by atoms with van der Waals surface area (Å²) in [5.41, 5.74) is 5.08. The number of hydrogen-bond acceptors (Lipinski definition) is 4. The second kappa shape index (κ2) is 5.71. The van der Waals surface area contributed by atoms with E-state index in [4.69, 9.17) is 5.73 Å². The van der Waals surface area contributed by atoms with Crippen molar-refractivity contribution in [1.82, 2.24) is 9.21 Å². The molecule has 1 amide bonds. The van der Waals surface area contributed by atoms with Crippen molar-refractivity contribution in [2.75, 3.05) is 33.4 Å². The molecule has 0 spiro atoms. The molecule has 9 heteroatoms. The molecule has 1 aromatic carbocycles. The molecule has 0 radical (unpaired) electrons. The Bertz CT molecular complexity index is 632. The van der Waals surface area contributed by atoms with Crippen LogP contribution in [-0.2, 0) is 14.8 Å². The lowest BCUT2D eigenvalue weighted by molar-refractivity contribution is -0.128. The number of carbonyl (C=O) groups excluding carboxylic acids is 1. The first-order valence-corrected chi connectivity index (χ1v) is 6.92. The van der Waals surface area contributed by atoms with Gasteiger partial charge < -0.3 is 10.6 Å². The van der Waals surface area contributed by atoms with Crippen LogP contribution >= 0.6 is 0 Å². The number of carbonyl (C=O) groups is 1. The van der Waals surface area contributed by atoms with Crippen molar-refractivity contribution in [1.29, 1.82) is 0 Å². The number of nitrogens with two attached hydrogens (primary N) is 1. The van der Waals surface area contributed by atoms with E-state index < -0.39 is 39.0 Å². The van der Waals surface area contributed by atoms with Crippen LogP contribution < -0.4 is 5.73 Å². The third-order valence-corrected chi connectivity index (χ3v) is 4.36. The summed E-state index contributed by atoms with van der Waals surface area (Å²) in [5, 5.41) is 0. The van der Waals surface area contributed by atoms with Crippen molar-refractivity contribution in [3.8, 4) is 0 Å². The lowest BCUT2D eigenvalue weighted by Gasteiger charge is -2.19. The molecule has 0 saturated carbocycles. The molecule has 112 valence electrons. The van der Waals surface area contributed by atoms with E-state index in [1.54, 1.807) is 0 Å². The molecule has 2 N–H and O–H groups in total. The highest BCUT2D eigenvalue weighted by atomic mass is 32.2. The molecule has 0 saturated heterocycles. The Balaban J connectivity index is 3.21. The van der Waals surface area contributed by atoms with Gasteiger partial charge in [0.15, 0.2) is 11.6 Å². The number of halogens is 2. The second-order valence-electron chi connectivity index (χ2n) is 4.36. The van der Waals surface area contributed by atoms with Gasteiger partial charge in [-0.2, -0.15) is 4.31 Å². The van der Waals surface area contributed by atoms with Gasteiger partial charge in [0.1, 0.15) is 4.90 Å². The van der Waals surface area contributed by atoms with Gasteiger partial charge >= 0.3 is 0 Å². The molecule has 0 atom stereocenters. The highest BCUT2D eigenvalue weighted by molar-refractivity contribution is 7.89. The van der Waals surface area contributed by atoms with Gasteiger partial charge in [0, 0.05) is 26.8 Å². The zero-order valence-corrected chi connectivity index (χ0v) is 12.0. The third-order valence-electron chi connectivity index (χ3n) is 2.56. The van der Waals surface area contributed by atoms with Gasteiger partial charge in [-0.15, -0.1) is 0 Å². The van der Waals surface area contributed by atoms with E-state index in [1.165, 1.54) is 19.0 Å². The van der Waals surface area contributed by atoms with Crippen LogP contribution in [0.4, 0.5) is 14.5 Å². The smallest absolute Gasteiger partial charge is 0.246 e. The van der Waals surface area contributed by atoms with Gasteiger partial charge in [-0.3, -0.25) is 4.79 Å². The molecule has 20 heavy (non-hydrogen) atoms. The highest BCUT2D eigenvalue weighted by Crippen LogP contribution is 2.23. The van der Waals surface area contributed by atoms with E-state index in [-0.39, 0.29) is 5.69 Å². The first-order valence-electron chi connectivity index (χ1n) is 5.48. The molecule has 6 nitrogen and oxygen atoms in total. The zero-order chi connectivity index (χ0) is 15.7. The molecule has 0 unspecified atom stereocenters. The number of nitrogens with zero attached hydrogens (tertiary/aromatic N) is 2. The van der Waals surface area contributed by atoms with E-state index in [2.05, 4.69) is 0 Å². The normalized spacial score (nSPS) is 11.7. The van der Waals surface area contributed by atoms with Gasteiger partial charge in [-0.1, -0.05) is 0 Å². The summed E-state index contributed by atoms with van der Waals surface area (Å²) >= 11 is 0. The standard InChI is InChI=1S/C11H15F2N3O3S/c1-15(2)10(17)6-16(3)20(18,19)9-5-7(14)4-8(12)11(9)13/h4-5H,6,14H2,1-3H3. The number of sulfonamides is 1. The Morgan fingerprint density at radius 3 is 2.30 bits per heavy atom. The minimum Gasteiger partial charge on any atom is -0.399 e. The van der Waals surface area contributed by atoms with E-state index >= 15 is 0 Å². The van der Waals surface area contributed by atoms with Crippen LogP contribution in [0, 0.1) is 11.6 Å². The van der Waals surface area contributed by atoms with Gasteiger partial charge in [-0.25, -0.2) is 17.2 Å². The fourth-order valence-corrected chi connectivity index (χ4v) is 2.58. The third kappa shape index (κ3) is 3.23. The monoisotopic (exact) mass is 307 g/mol. The number of amides is 1. The van der Waals surface area contributed by atoms with Crippen LogP contribution in [0.15, 0.2) is 17.0 Å². The molecule has 1 aromatic rings. The van der Waals surface area contributed by atoms with E-state index in [0.717, 1.165) is 13.1 Å². The first-order chi connectivity index (χ1) is 9.07. The molecule has 0 aliphatic heterocycles. The SMILES string of the molecule is CN(C)C(=O)CN(C)S(=O)(=O)c1cc(N)cc(F)c1F. The van der Waals surface area contributed by atoms with E-state index in [1.807, 2.05) is 0 Å². The van der Waals surface area contributed by atoms with E-state index in [0.29, 0.717) is 10.4 Å². The summed E-state index contributed by atoms with van der Waals surface area (Å²) in [6.45, 7) is -0.495. The van der Waals surface area contributed by atoms with Gasteiger partial charge in [0.25, 0.3) is 0 Å². The summed E-state index contributed by atoms with van der Waals surface area (Å²) < 4.78 is 51.7. The van der Waals surface area contributed by atoms with Gasteiger partial charge in [-0.05, 0) is 12.1 Å². The van der Waals surface area contributed by atoms with Crippen molar-refractivity contribution < 1.29 is 22.0 Å². The Morgan fingerprint density at radius 2 is 1.80 bits per heavy atom. The van der Waals surface area contributed by atoms with Crippen LogP contribution in [0.2, 0.25) is 0 Å². The van der Waals surface area contributed by atoms with Crippen LogP contribution in [0.25, 0.3) is 0 Å². The highest BCUT2D eigenvalue weighted by Gasteiger charge is 2.28. The number of hydrogen-bond donors (Lipinski definition) is 1. The molecular weight excluding hydrogens is 292 g/mol. The molecule has 0 heterocycles. The van der Waals surface area contributed by atoms with Crippen molar-refractivity contribution >= 4 is 21.6 Å². The molecule has 0 aliphatic carbocycles. The lowest BCUT2D eigenvalue weighted by Crippen LogP contribution is -2.38. The van der Waals surface area contributed by atoms with Crippen molar-refractivity contribution in [2.24, 2.45) is 0 Å². The summed E-state index contributed by atoms with van der Waals surface area (Å²) in [5.74, 6) is -3.39. The summed E-state index contributed by atoms with van der Waals surface area (Å²) in [7, 11) is -0.362. The minimum absolute atomic E-state index is 0.227. The molecule has 0 fully saturated rings. The van der Waals surface area contributed by atoms with Crippen molar-refractivity contribution in [3.05, 3.63) is 23.8 Å². The fraction of sp³-hybridized carbons (Fsp3) is 0.364. The first kappa shape index (κ1) is 16.3. The Labute approximate surface area is 115 Å². The molecule has 1 rings (SSSR count). The second-order valence-corrected chi connectivity index (χ2v) is 6.38. The summed E-state index contributed by atoms with van der Waals surface area (Å²) in [6, 6.07) is 1.49. The maximum Gasteiger partial charge on any atom is 0.246 e. The number of nitrogen functional groups attached to an aromatic ring is 1. The number of benzene rings is 1. The number of rotatable bonds is 4. The van der Waals surface area contributed by atoms with Crippen molar-refractivity contribution in [2.45, 2.75) is 4.90 Å². The Hall–Kier alpha value is -1.74. The zero-order valence-electron chi connectivity index (χ0n) is 11.2. The maximum absolute atomic E-state index is 13.6. The molecule has 0 bridgehead atoms. The van der Waals surface area contributed by atoms with Crippen LogP contribution in [0.5, 0.6) is 0 Å². The predicted octanol–water partition coefficient (Wildman–Crippen LogP) is 0.256. The average molecular weight is 307 g/mol. The average Bonchev–Trinajstić information content (AvgIpc) is 2.33. The molecule has 0 aliphatic rings. The fourth-order valence-electron chi connectivity index (χ4n) is 1.36. The molecule has 0 aromatic heterocycles. The maximum atomic E-state index is 13.6. The largest absolute Gasteiger partial charge is 0.399 e. The number of likely N-dealkylation sites (N-methyl/N-ethyl adjacent to an activating group) is 2. The quantitative estimate of drug-likeness (QED) is 0.809. The van der Waals surface area contributed by atoms with Crippen LogP contribution in [0.3, 0.4) is 0 Å². The van der Waals surface area contributed by atoms with E-state index in [9.17, 15) is 22.0 Å². The lowest BCUT2D eigenvalue weighted by atomic mass is 10.3. The summed E-state index contributed by atoms with van der Waals surface area (Å²) in [4.78, 5) is 11.8. The van der Waals surface area contributed by atoms with Gasteiger partial charge in [0.05, 0.1) is 6.54 Å².